The second-order valence-corrected chi connectivity index (χ2v) is 12.1. The number of carbonyl (C=O) groups excluding carboxylic acids is 2. The van der Waals surface area contributed by atoms with Gasteiger partial charge >= 0.3 is 18.0 Å². The standard InChI is InChI=1S/C28H24Cl2F7N7O2S/c1-14-7-16(29)8-19(25(46)40-15(2)13-47-3)18(14)10-22(45)21-9-17(41-44(21)24-20(30)5-4-6-38-24)12-43-39-11-23(42-43)26(31,32)27(33,34)28(35,36)37/h4-9,11,15H,10,12-13H2,1-3H3,(H,40,46)/t15-/m0/s1. The van der Waals surface area contributed by atoms with Crippen LogP contribution in [-0.4, -0.2) is 71.6 Å². The Morgan fingerprint density at radius 1 is 1.06 bits per heavy atom. The molecule has 3 aromatic heterocycles. The normalized spacial score (nSPS) is 13.1. The predicted octanol–water partition coefficient (Wildman–Crippen LogP) is 6.72. The molecule has 0 bridgehead atoms. The SMILES string of the molecule is CSC[C@H](C)NC(=O)c1cc(Cl)cc(C)c1CC(=O)c1cc(Cn2ncc(C(F)(F)C(F)(F)C(F)(F)F)n2)nn1-c1ncccc1Cl. The number of amides is 1. The van der Waals surface area contributed by atoms with Gasteiger partial charge in [-0.15, -0.1) is 0 Å². The van der Waals surface area contributed by atoms with Gasteiger partial charge in [0.2, 0.25) is 0 Å². The maximum absolute atomic E-state index is 14.2. The third-order valence-corrected chi connectivity index (χ3v) is 8.06. The monoisotopic (exact) mass is 725 g/mol. The van der Waals surface area contributed by atoms with Crippen LogP contribution in [0.1, 0.15) is 50.3 Å². The van der Waals surface area contributed by atoms with E-state index >= 15 is 0 Å². The zero-order valence-corrected chi connectivity index (χ0v) is 26.9. The number of ketones is 1. The van der Waals surface area contributed by atoms with Crippen LogP contribution >= 0.6 is 35.0 Å². The summed E-state index contributed by atoms with van der Waals surface area (Å²) in [6.45, 7) is 2.84. The van der Waals surface area contributed by atoms with Gasteiger partial charge in [-0.25, -0.2) is 9.67 Å². The number of rotatable bonds is 12. The first-order valence-electron chi connectivity index (χ1n) is 13.4. The third kappa shape index (κ3) is 7.56. The van der Waals surface area contributed by atoms with Gasteiger partial charge in [-0.2, -0.15) is 62.6 Å². The van der Waals surface area contributed by atoms with E-state index in [1.54, 1.807) is 13.0 Å². The summed E-state index contributed by atoms with van der Waals surface area (Å²) in [7, 11) is 0. The Bertz CT molecular complexity index is 1800. The molecule has 19 heteroatoms. The molecule has 4 aromatic rings. The van der Waals surface area contributed by atoms with E-state index < -0.39 is 42.0 Å². The van der Waals surface area contributed by atoms with Gasteiger partial charge in [-0.05, 0) is 61.6 Å². The molecule has 0 fully saturated rings. The molecule has 0 spiro atoms. The minimum Gasteiger partial charge on any atom is -0.349 e. The summed E-state index contributed by atoms with van der Waals surface area (Å²) in [5.41, 5.74) is -1.14. The van der Waals surface area contributed by atoms with Crippen molar-refractivity contribution in [2.24, 2.45) is 0 Å². The fourth-order valence-electron chi connectivity index (χ4n) is 4.46. The highest BCUT2D eigenvalue weighted by atomic mass is 35.5. The van der Waals surface area contributed by atoms with E-state index in [4.69, 9.17) is 23.2 Å². The number of carbonyl (C=O) groups is 2. The summed E-state index contributed by atoms with van der Waals surface area (Å²) < 4.78 is 94.5. The Hall–Kier alpha value is -3.70. The average Bonchev–Trinajstić information content (AvgIpc) is 3.62. The van der Waals surface area contributed by atoms with Gasteiger partial charge in [0.05, 0.1) is 16.9 Å². The summed E-state index contributed by atoms with van der Waals surface area (Å²) in [5, 5.41) is 13.9. The minimum atomic E-state index is -6.56. The van der Waals surface area contributed by atoms with Gasteiger partial charge in [0.15, 0.2) is 17.3 Å². The summed E-state index contributed by atoms with van der Waals surface area (Å²) in [6.07, 6.45) is -3.60. The summed E-state index contributed by atoms with van der Waals surface area (Å²) >= 11 is 14.1. The van der Waals surface area contributed by atoms with Crippen LogP contribution in [0, 0.1) is 6.92 Å². The number of aryl methyl sites for hydroxylation is 1. The Morgan fingerprint density at radius 3 is 2.40 bits per heavy atom. The lowest BCUT2D eigenvalue weighted by Crippen LogP contribution is -2.50. The van der Waals surface area contributed by atoms with E-state index in [-0.39, 0.29) is 51.5 Å². The highest BCUT2D eigenvalue weighted by Gasteiger charge is 2.74. The third-order valence-electron chi connectivity index (χ3n) is 6.71. The zero-order chi connectivity index (χ0) is 34.9. The maximum atomic E-state index is 14.2. The van der Waals surface area contributed by atoms with Crippen molar-refractivity contribution in [3.8, 4) is 5.82 Å². The van der Waals surface area contributed by atoms with Gasteiger partial charge in [0.1, 0.15) is 12.2 Å². The molecule has 3 heterocycles. The Kier molecular flexibility index (Phi) is 10.6. The van der Waals surface area contributed by atoms with Gasteiger partial charge in [-0.3, -0.25) is 9.59 Å². The Balaban J connectivity index is 1.71. The molecule has 0 radical (unpaired) electrons. The fourth-order valence-corrected chi connectivity index (χ4v) is 5.51. The molecule has 0 saturated heterocycles. The molecule has 0 unspecified atom stereocenters. The van der Waals surface area contributed by atoms with Crippen molar-refractivity contribution in [2.75, 3.05) is 12.0 Å². The number of hydrogen-bond donors (Lipinski definition) is 1. The number of pyridine rings is 1. The van der Waals surface area contributed by atoms with Crippen molar-refractivity contribution in [3.05, 3.63) is 86.5 Å². The van der Waals surface area contributed by atoms with Gasteiger partial charge in [-0.1, -0.05) is 23.2 Å². The number of hydrogen-bond acceptors (Lipinski definition) is 7. The van der Waals surface area contributed by atoms with E-state index in [9.17, 15) is 40.3 Å². The van der Waals surface area contributed by atoms with Crippen LogP contribution in [0.15, 0.2) is 42.7 Å². The van der Waals surface area contributed by atoms with Crippen molar-refractivity contribution in [3.63, 3.8) is 0 Å². The molecule has 0 aliphatic heterocycles. The van der Waals surface area contributed by atoms with Crippen LogP contribution in [0.3, 0.4) is 0 Å². The first-order valence-corrected chi connectivity index (χ1v) is 15.6. The van der Waals surface area contributed by atoms with E-state index in [0.29, 0.717) is 21.7 Å². The summed E-state index contributed by atoms with van der Waals surface area (Å²) in [4.78, 5) is 31.6. The highest BCUT2D eigenvalue weighted by molar-refractivity contribution is 7.98. The molecule has 47 heavy (non-hydrogen) atoms. The largest absolute Gasteiger partial charge is 0.460 e. The number of nitrogens with zero attached hydrogens (tertiary/aromatic N) is 6. The lowest BCUT2D eigenvalue weighted by Gasteiger charge is -2.26. The molecule has 0 aliphatic carbocycles. The van der Waals surface area contributed by atoms with E-state index in [0.717, 1.165) is 4.68 Å². The quantitative estimate of drug-likeness (QED) is 0.128. The first-order chi connectivity index (χ1) is 21.9. The number of Topliss-reactive ketones (excluding diaryl/α,β-unsaturated/α-hetero) is 1. The molecule has 0 saturated carbocycles. The zero-order valence-electron chi connectivity index (χ0n) is 24.5. The number of nitrogens with one attached hydrogen (secondary N) is 1. The maximum Gasteiger partial charge on any atom is 0.460 e. The van der Waals surface area contributed by atoms with Crippen molar-refractivity contribution in [2.45, 2.75) is 50.9 Å². The molecular weight excluding hydrogens is 702 g/mol. The molecule has 1 amide bonds. The Morgan fingerprint density at radius 2 is 1.77 bits per heavy atom. The molecule has 1 N–H and O–H groups in total. The summed E-state index contributed by atoms with van der Waals surface area (Å²) in [6, 6.07) is 6.95. The molecule has 1 aromatic carbocycles. The van der Waals surface area contributed by atoms with Crippen molar-refractivity contribution in [1.82, 2.24) is 35.1 Å². The Labute approximate surface area is 276 Å². The van der Waals surface area contributed by atoms with Gasteiger partial charge in [0.25, 0.3) is 5.91 Å². The van der Waals surface area contributed by atoms with Crippen LogP contribution in [0.25, 0.3) is 5.82 Å². The number of thioether (sulfide) groups is 1. The smallest absolute Gasteiger partial charge is 0.349 e. The predicted molar refractivity (Wildman–Crippen MR) is 160 cm³/mol. The molecule has 4 rings (SSSR count). The van der Waals surface area contributed by atoms with Gasteiger partial charge in [0, 0.05) is 35.0 Å². The average molecular weight is 727 g/mol. The van der Waals surface area contributed by atoms with Gasteiger partial charge < -0.3 is 5.32 Å². The first kappa shape index (κ1) is 36.1. The van der Waals surface area contributed by atoms with Crippen LogP contribution in [0.2, 0.25) is 10.0 Å². The number of halogens is 9. The number of benzene rings is 1. The molecule has 9 nitrogen and oxygen atoms in total. The number of aromatic nitrogens is 6. The second-order valence-electron chi connectivity index (χ2n) is 10.3. The van der Waals surface area contributed by atoms with Crippen molar-refractivity contribution >= 4 is 46.7 Å². The molecule has 252 valence electrons. The van der Waals surface area contributed by atoms with Crippen LogP contribution in [0.5, 0.6) is 0 Å². The number of alkyl halides is 7. The molecule has 0 aliphatic rings. The van der Waals surface area contributed by atoms with E-state index in [1.807, 2.05) is 13.2 Å². The molecular formula is C28H24Cl2F7N7O2S. The lowest BCUT2D eigenvalue weighted by molar-refractivity contribution is -0.360. The fraction of sp³-hybridized carbons (Fsp3) is 0.357. The highest BCUT2D eigenvalue weighted by Crippen LogP contribution is 2.51. The van der Waals surface area contributed by atoms with E-state index in [2.05, 4.69) is 25.6 Å². The van der Waals surface area contributed by atoms with Crippen molar-refractivity contribution < 1.29 is 40.3 Å². The summed E-state index contributed by atoms with van der Waals surface area (Å²) in [5.74, 6) is -12.6. The van der Waals surface area contributed by atoms with E-state index in [1.165, 1.54) is 42.2 Å². The minimum absolute atomic E-state index is 0.0223. The van der Waals surface area contributed by atoms with Crippen LogP contribution in [0.4, 0.5) is 30.7 Å². The van der Waals surface area contributed by atoms with Crippen LogP contribution in [-0.2, 0) is 18.9 Å². The lowest BCUT2D eigenvalue weighted by atomic mass is 9.95. The van der Waals surface area contributed by atoms with Crippen LogP contribution < -0.4 is 5.32 Å². The topological polar surface area (TPSA) is 108 Å². The van der Waals surface area contributed by atoms with Crippen molar-refractivity contribution in [1.29, 1.82) is 0 Å². The second kappa shape index (κ2) is 13.8. The molecule has 1 atom stereocenters.